The van der Waals surface area contributed by atoms with Gasteiger partial charge in [-0.3, -0.25) is 0 Å². The molecule has 0 saturated heterocycles. The van der Waals surface area contributed by atoms with E-state index in [9.17, 15) is 0 Å². The third-order valence-corrected chi connectivity index (χ3v) is 3.38. The number of nitrogens with zero attached hydrogens (tertiary/aromatic N) is 2. The first-order chi connectivity index (χ1) is 10.7. The van der Waals surface area contributed by atoms with E-state index in [4.69, 9.17) is 0 Å². The minimum absolute atomic E-state index is 0.758. The van der Waals surface area contributed by atoms with Crippen molar-refractivity contribution in [3.63, 3.8) is 0 Å². The molecule has 0 fully saturated rings. The fourth-order valence-electron chi connectivity index (χ4n) is 2.23. The highest BCUT2D eigenvalue weighted by atomic mass is 14.9. The molecule has 0 aliphatic rings. The van der Waals surface area contributed by atoms with Gasteiger partial charge in [-0.2, -0.15) is 0 Å². The summed E-state index contributed by atoms with van der Waals surface area (Å²) in [5.41, 5.74) is 5.45. The van der Waals surface area contributed by atoms with E-state index in [0.29, 0.717) is 0 Å². The molecule has 0 saturated carbocycles. The Morgan fingerprint density at radius 3 is 2.36 bits per heavy atom. The van der Waals surface area contributed by atoms with E-state index in [2.05, 4.69) is 59.0 Å². The van der Waals surface area contributed by atoms with Gasteiger partial charge in [0.25, 0.3) is 0 Å². The topological polar surface area (TPSA) is 24.7 Å². The molecule has 22 heavy (non-hydrogen) atoms. The summed E-state index contributed by atoms with van der Waals surface area (Å²) in [4.78, 5) is 8.52. The second-order valence-electron chi connectivity index (χ2n) is 5.41. The molecule has 2 aromatic rings. The number of rotatable bonds is 6. The number of hydrogen-bond acceptors (Lipinski definition) is 1. The molecule has 0 heterocycles. The molecule has 0 spiro atoms. The lowest BCUT2D eigenvalue weighted by atomic mass is 9.98. The highest BCUT2D eigenvalue weighted by molar-refractivity contribution is 5.88. The molecule has 0 radical (unpaired) electrons. The zero-order valence-electron chi connectivity index (χ0n) is 13.3. The van der Waals surface area contributed by atoms with E-state index in [1.807, 2.05) is 26.0 Å². The van der Waals surface area contributed by atoms with Crippen LogP contribution in [0.1, 0.15) is 30.5 Å². The third kappa shape index (κ3) is 4.81. The first kappa shape index (κ1) is 15.9. The van der Waals surface area contributed by atoms with Crippen molar-refractivity contribution in [2.75, 3.05) is 0 Å². The largest absolute Gasteiger partial charge is 0.246 e. The van der Waals surface area contributed by atoms with Gasteiger partial charge in [0.2, 0.25) is 0 Å². The lowest BCUT2D eigenvalue weighted by molar-refractivity contribution is 0.955. The Bertz CT molecular complexity index is 678. The molecule has 0 unspecified atom stereocenters. The first-order valence-corrected chi connectivity index (χ1v) is 7.51. The lowest BCUT2D eigenvalue weighted by Crippen LogP contribution is -1.96. The van der Waals surface area contributed by atoms with Crippen LogP contribution in [-0.2, 0) is 12.8 Å². The van der Waals surface area contributed by atoms with E-state index < -0.39 is 0 Å². The fourth-order valence-corrected chi connectivity index (χ4v) is 2.23. The predicted octanol–water partition coefficient (Wildman–Crippen LogP) is 4.95. The SMILES string of the molecule is C=C(N=CN=C(C)C)c1ccccc1CCc1ccccc1. The number of hydrogen-bond donors (Lipinski definition) is 0. The Labute approximate surface area is 133 Å². The summed E-state index contributed by atoms with van der Waals surface area (Å²) in [6.07, 6.45) is 3.57. The zero-order valence-corrected chi connectivity index (χ0v) is 13.3. The monoisotopic (exact) mass is 290 g/mol. The minimum Gasteiger partial charge on any atom is -0.246 e. The third-order valence-electron chi connectivity index (χ3n) is 3.38. The van der Waals surface area contributed by atoms with Crippen LogP contribution in [0.2, 0.25) is 0 Å². The summed E-state index contributed by atoms with van der Waals surface area (Å²) in [6.45, 7) is 7.96. The normalized spacial score (nSPS) is 10.6. The molecule has 0 amide bonds. The number of aliphatic imine (C=N–C) groups is 2. The van der Waals surface area contributed by atoms with E-state index in [0.717, 1.165) is 29.8 Å². The molecule has 0 atom stereocenters. The molecular weight excluding hydrogens is 268 g/mol. The molecule has 112 valence electrons. The Morgan fingerprint density at radius 1 is 0.955 bits per heavy atom. The molecule has 0 N–H and O–H groups in total. The van der Waals surface area contributed by atoms with Gasteiger partial charge in [-0.15, -0.1) is 0 Å². The second kappa shape index (κ2) is 8.08. The van der Waals surface area contributed by atoms with Crippen LogP contribution in [0.5, 0.6) is 0 Å². The maximum absolute atomic E-state index is 4.34. The van der Waals surface area contributed by atoms with Gasteiger partial charge in [0.15, 0.2) is 0 Å². The zero-order chi connectivity index (χ0) is 15.8. The van der Waals surface area contributed by atoms with Crippen LogP contribution in [0.4, 0.5) is 0 Å². The van der Waals surface area contributed by atoms with Crippen molar-refractivity contribution in [1.82, 2.24) is 0 Å². The maximum atomic E-state index is 4.34. The van der Waals surface area contributed by atoms with Crippen LogP contribution in [0.15, 0.2) is 71.2 Å². The van der Waals surface area contributed by atoms with Gasteiger partial charge in [-0.1, -0.05) is 61.2 Å². The van der Waals surface area contributed by atoms with Crippen LogP contribution in [0.25, 0.3) is 5.70 Å². The van der Waals surface area contributed by atoms with Crippen molar-refractivity contribution in [1.29, 1.82) is 0 Å². The first-order valence-electron chi connectivity index (χ1n) is 7.51. The van der Waals surface area contributed by atoms with Gasteiger partial charge in [0.1, 0.15) is 6.34 Å². The van der Waals surface area contributed by atoms with Crippen molar-refractivity contribution in [2.45, 2.75) is 26.7 Å². The standard InChI is InChI=1S/C20H22N2/c1-16(2)21-15-22-17(3)20-12-8-7-11-19(20)14-13-18-9-5-4-6-10-18/h4-12,15H,3,13-14H2,1-2H3. The Morgan fingerprint density at radius 2 is 1.64 bits per heavy atom. The quantitative estimate of drug-likeness (QED) is 0.531. The van der Waals surface area contributed by atoms with Gasteiger partial charge >= 0.3 is 0 Å². The molecule has 2 rings (SSSR count). The fraction of sp³-hybridized carbons (Fsp3) is 0.200. The van der Waals surface area contributed by atoms with Crippen LogP contribution in [0, 0.1) is 0 Å². The average molecular weight is 290 g/mol. The summed E-state index contributed by atoms with van der Waals surface area (Å²) in [5.74, 6) is 0. The lowest BCUT2D eigenvalue weighted by Gasteiger charge is -2.09. The predicted molar refractivity (Wildman–Crippen MR) is 96.6 cm³/mol. The summed E-state index contributed by atoms with van der Waals surface area (Å²) in [6, 6.07) is 18.8. The van der Waals surface area contributed by atoms with Crippen molar-refractivity contribution in [3.8, 4) is 0 Å². The van der Waals surface area contributed by atoms with E-state index >= 15 is 0 Å². The minimum atomic E-state index is 0.758. The van der Waals surface area contributed by atoms with Crippen molar-refractivity contribution < 1.29 is 0 Å². The summed E-state index contributed by atoms with van der Waals surface area (Å²) in [7, 11) is 0. The molecule has 0 aliphatic carbocycles. The van der Waals surface area contributed by atoms with Gasteiger partial charge < -0.3 is 0 Å². The highest BCUT2D eigenvalue weighted by Crippen LogP contribution is 2.20. The van der Waals surface area contributed by atoms with Crippen molar-refractivity contribution in [2.24, 2.45) is 9.98 Å². The second-order valence-corrected chi connectivity index (χ2v) is 5.41. The summed E-state index contributed by atoms with van der Waals surface area (Å²) in [5, 5.41) is 0. The smallest absolute Gasteiger partial charge is 0.115 e. The van der Waals surface area contributed by atoms with Gasteiger partial charge in [-0.25, -0.2) is 9.98 Å². The van der Waals surface area contributed by atoms with Crippen LogP contribution in [-0.4, -0.2) is 12.1 Å². The summed E-state index contributed by atoms with van der Waals surface area (Å²) < 4.78 is 0. The van der Waals surface area contributed by atoms with E-state index in [-0.39, 0.29) is 0 Å². The highest BCUT2D eigenvalue weighted by Gasteiger charge is 2.04. The number of aryl methyl sites for hydroxylation is 2. The Hall–Kier alpha value is -2.48. The van der Waals surface area contributed by atoms with Gasteiger partial charge in [0, 0.05) is 11.3 Å². The van der Waals surface area contributed by atoms with Crippen LogP contribution < -0.4 is 0 Å². The molecule has 2 nitrogen and oxygen atoms in total. The molecule has 2 aromatic carbocycles. The molecule has 0 aliphatic heterocycles. The van der Waals surface area contributed by atoms with E-state index in [1.165, 1.54) is 11.1 Å². The van der Waals surface area contributed by atoms with Crippen LogP contribution >= 0.6 is 0 Å². The van der Waals surface area contributed by atoms with E-state index in [1.54, 1.807) is 6.34 Å². The van der Waals surface area contributed by atoms with Crippen molar-refractivity contribution >= 4 is 17.7 Å². The average Bonchev–Trinajstić information content (AvgIpc) is 2.54. The molecular formula is C20H22N2. The molecule has 0 aromatic heterocycles. The molecule has 0 bridgehead atoms. The Balaban J connectivity index is 2.11. The Kier molecular flexibility index (Phi) is 5.84. The molecule has 2 heteroatoms. The van der Waals surface area contributed by atoms with Gasteiger partial charge in [0.05, 0.1) is 5.70 Å². The number of benzene rings is 2. The van der Waals surface area contributed by atoms with Crippen LogP contribution in [0.3, 0.4) is 0 Å². The van der Waals surface area contributed by atoms with Gasteiger partial charge in [-0.05, 0) is 37.8 Å². The van der Waals surface area contributed by atoms with Crippen molar-refractivity contribution in [3.05, 3.63) is 77.9 Å². The maximum Gasteiger partial charge on any atom is 0.115 e. The summed E-state index contributed by atoms with van der Waals surface area (Å²) >= 11 is 0.